The van der Waals surface area contributed by atoms with Gasteiger partial charge in [-0.05, 0) is 48.0 Å². The Morgan fingerprint density at radius 3 is 1.95 bits per heavy atom. The van der Waals surface area contributed by atoms with Crippen molar-refractivity contribution in [1.29, 1.82) is 0 Å². The summed E-state index contributed by atoms with van der Waals surface area (Å²) in [6.45, 7) is 0. The number of allylic oxidation sites excluding steroid dienone is 1. The molecule has 0 amide bonds. The quantitative estimate of drug-likeness (QED) is 0.141. The Morgan fingerprint density at radius 2 is 1.38 bits per heavy atom. The van der Waals surface area contributed by atoms with Crippen LogP contribution in [-0.2, 0) is 0 Å². The van der Waals surface area contributed by atoms with Crippen LogP contribution >= 0.6 is 0 Å². The van der Waals surface area contributed by atoms with Gasteiger partial charge in [0.25, 0.3) is 0 Å². The van der Waals surface area contributed by atoms with Gasteiger partial charge in [0, 0.05) is 23.4 Å². The maximum atomic E-state index is 12.5. The fourth-order valence-corrected chi connectivity index (χ4v) is 3.57. The van der Waals surface area contributed by atoms with E-state index in [0.29, 0.717) is 28.5 Å². The Labute approximate surface area is 215 Å². The predicted octanol–water partition coefficient (Wildman–Crippen LogP) is 5.12. The number of phenols is 2. The van der Waals surface area contributed by atoms with Crippen LogP contribution in [0.1, 0.15) is 21.5 Å². The Balaban J connectivity index is 1.90. The lowest BCUT2D eigenvalue weighted by Gasteiger charge is -2.13. The lowest BCUT2D eigenvalue weighted by Crippen LogP contribution is -1.98. The third-order valence-corrected chi connectivity index (χ3v) is 5.46. The van der Waals surface area contributed by atoms with Crippen LogP contribution in [0.2, 0.25) is 0 Å². The van der Waals surface area contributed by atoms with E-state index in [1.54, 1.807) is 36.4 Å². The van der Waals surface area contributed by atoms with E-state index in [1.807, 2.05) is 6.08 Å². The van der Waals surface area contributed by atoms with Crippen LogP contribution in [0.4, 0.5) is 5.69 Å². The van der Waals surface area contributed by atoms with E-state index >= 15 is 0 Å². The number of benzene rings is 3. The van der Waals surface area contributed by atoms with E-state index in [4.69, 9.17) is 23.7 Å². The lowest BCUT2D eigenvalue weighted by atomic mass is 10.1. The molecule has 0 unspecified atom stereocenters. The highest BCUT2D eigenvalue weighted by molar-refractivity contribution is 6.05. The molecule has 0 bridgehead atoms. The number of ether oxygens (including phenoxy) is 5. The van der Waals surface area contributed by atoms with Crippen molar-refractivity contribution in [2.75, 3.05) is 40.9 Å². The summed E-state index contributed by atoms with van der Waals surface area (Å²) in [4.78, 5) is 12.5. The van der Waals surface area contributed by atoms with Gasteiger partial charge in [-0.3, -0.25) is 4.79 Å². The van der Waals surface area contributed by atoms with Crippen molar-refractivity contribution in [3.05, 3.63) is 71.4 Å². The van der Waals surface area contributed by atoms with E-state index in [2.05, 4.69) is 5.32 Å². The zero-order valence-corrected chi connectivity index (χ0v) is 21.2. The van der Waals surface area contributed by atoms with Crippen LogP contribution in [0.3, 0.4) is 0 Å². The van der Waals surface area contributed by atoms with Crippen molar-refractivity contribution in [2.45, 2.75) is 0 Å². The zero-order valence-electron chi connectivity index (χ0n) is 21.2. The fraction of sp³-hybridized carbons (Fsp3) is 0.179. The number of ketones is 1. The van der Waals surface area contributed by atoms with Crippen molar-refractivity contribution >= 4 is 23.6 Å². The maximum absolute atomic E-state index is 12.5. The second-order valence-electron chi connectivity index (χ2n) is 7.60. The van der Waals surface area contributed by atoms with E-state index in [-0.39, 0.29) is 34.3 Å². The minimum absolute atomic E-state index is 0.131. The average Bonchev–Trinajstić information content (AvgIpc) is 2.92. The molecule has 0 aliphatic rings. The first-order valence-electron chi connectivity index (χ1n) is 11.1. The SMILES string of the molecule is COc1ccc(C(=O)/C=C\Nc2c(/C=C\c3cc(OC)c(OC)c(OC)c3)ccc(OC)c2O)cc1O. The minimum atomic E-state index is -0.359. The van der Waals surface area contributed by atoms with Gasteiger partial charge in [-0.25, -0.2) is 0 Å². The molecule has 3 rings (SSSR count). The van der Waals surface area contributed by atoms with Crippen LogP contribution in [0.15, 0.2) is 54.7 Å². The third kappa shape index (κ3) is 6.07. The average molecular weight is 508 g/mol. The minimum Gasteiger partial charge on any atom is -0.504 e. The topological polar surface area (TPSA) is 116 Å². The van der Waals surface area contributed by atoms with Crippen molar-refractivity contribution < 1.29 is 38.7 Å². The molecule has 0 aliphatic carbocycles. The molecule has 0 saturated heterocycles. The maximum Gasteiger partial charge on any atom is 0.203 e. The first-order valence-corrected chi connectivity index (χ1v) is 11.1. The number of hydrogen-bond donors (Lipinski definition) is 3. The highest BCUT2D eigenvalue weighted by Crippen LogP contribution is 2.40. The summed E-state index contributed by atoms with van der Waals surface area (Å²) in [5.74, 6) is 1.38. The Morgan fingerprint density at radius 1 is 0.757 bits per heavy atom. The van der Waals surface area contributed by atoms with Gasteiger partial charge in [0.15, 0.2) is 40.3 Å². The molecule has 0 atom stereocenters. The molecule has 194 valence electrons. The number of hydrogen-bond acceptors (Lipinski definition) is 9. The van der Waals surface area contributed by atoms with Crippen molar-refractivity contribution in [3.8, 4) is 40.2 Å². The first kappa shape index (κ1) is 26.8. The molecule has 3 N–H and O–H groups in total. The molecule has 0 heterocycles. The molecule has 9 nitrogen and oxygen atoms in total. The number of aromatic hydroxyl groups is 2. The molecule has 0 aromatic heterocycles. The number of methoxy groups -OCH3 is 5. The van der Waals surface area contributed by atoms with Gasteiger partial charge in [-0.1, -0.05) is 12.2 Å². The van der Waals surface area contributed by atoms with Crippen molar-refractivity contribution in [1.82, 2.24) is 0 Å². The molecule has 3 aromatic rings. The zero-order chi connectivity index (χ0) is 26.9. The molecule has 0 saturated carbocycles. The van der Waals surface area contributed by atoms with Gasteiger partial charge in [0.05, 0.1) is 41.2 Å². The van der Waals surface area contributed by atoms with Gasteiger partial charge in [0.1, 0.15) is 0 Å². The molecule has 0 aliphatic heterocycles. The van der Waals surface area contributed by atoms with Crippen molar-refractivity contribution in [3.63, 3.8) is 0 Å². The highest BCUT2D eigenvalue weighted by Gasteiger charge is 2.14. The standard InChI is InChI=1S/C28H29NO8/c1-33-22-10-9-19(16-21(22)31)20(30)12-13-29-26-18(8-11-23(34-2)27(26)32)7-6-17-14-24(35-3)28(37-5)25(15-17)36-4/h6-16,29,31-32H,1-5H3/b7-6-,13-12-. The third-order valence-electron chi connectivity index (χ3n) is 5.46. The fourth-order valence-electron chi connectivity index (χ4n) is 3.57. The largest absolute Gasteiger partial charge is 0.504 e. The summed E-state index contributed by atoms with van der Waals surface area (Å²) < 4.78 is 26.4. The summed E-state index contributed by atoms with van der Waals surface area (Å²) in [5, 5.41) is 23.6. The molecule has 37 heavy (non-hydrogen) atoms. The Hall–Kier alpha value is -4.79. The first-order chi connectivity index (χ1) is 17.9. The molecule has 3 aromatic carbocycles. The summed E-state index contributed by atoms with van der Waals surface area (Å²) >= 11 is 0. The van der Waals surface area contributed by atoms with E-state index in [0.717, 1.165) is 5.56 Å². The van der Waals surface area contributed by atoms with Crippen LogP contribution < -0.4 is 29.0 Å². The van der Waals surface area contributed by atoms with Crippen molar-refractivity contribution in [2.24, 2.45) is 0 Å². The monoisotopic (exact) mass is 507 g/mol. The summed E-state index contributed by atoms with van der Waals surface area (Å²) in [5.41, 5.74) is 1.98. The lowest BCUT2D eigenvalue weighted by molar-refractivity contribution is 0.104. The van der Waals surface area contributed by atoms with E-state index in [1.165, 1.54) is 60.0 Å². The van der Waals surface area contributed by atoms with Crippen LogP contribution in [0.25, 0.3) is 12.2 Å². The summed E-state index contributed by atoms with van der Waals surface area (Å²) in [7, 11) is 7.47. The Bertz CT molecular complexity index is 1300. The van der Waals surface area contributed by atoms with Gasteiger partial charge in [-0.15, -0.1) is 0 Å². The molecule has 0 spiro atoms. The van der Waals surface area contributed by atoms with E-state index < -0.39 is 0 Å². The number of anilines is 1. The van der Waals surface area contributed by atoms with Crippen LogP contribution in [0.5, 0.6) is 40.2 Å². The molecule has 0 radical (unpaired) electrons. The Kier molecular flexibility index (Phi) is 8.88. The second kappa shape index (κ2) is 12.3. The summed E-state index contributed by atoms with van der Waals surface area (Å²) in [6, 6.07) is 11.3. The number of phenolic OH excluding ortho intramolecular Hbond substituents is 2. The van der Waals surface area contributed by atoms with Crippen LogP contribution in [-0.4, -0.2) is 51.5 Å². The normalized spacial score (nSPS) is 10.9. The second-order valence-corrected chi connectivity index (χ2v) is 7.60. The smallest absolute Gasteiger partial charge is 0.203 e. The number of carbonyl (C=O) groups excluding carboxylic acids is 1. The molecular weight excluding hydrogens is 478 g/mol. The van der Waals surface area contributed by atoms with Gasteiger partial charge in [0.2, 0.25) is 5.75 Å². The number of rotatable bonds is 11. The van der Waals surface area contributed by atoms with Gasteiger partial charge >= 0.3 is 0 Å². The predicted molar refractivity (Wildman–Crippen MR) is 141 cm³/mol. The number of carbonyl (C=O) groups is 1. The molecular formula is C28H29NO8. The highest BCUT2D eigenvalue weighted by atomic mass is 16.5. The molecule has 0 fully saturated rings. The molecule has 9 heteroatoms. The number of nitrogens with one attached hydrogen (secondary N) is 1. The van der Waals surface area contributed by atoms with Crippen LogP contribution in [0, 0.1) is 0 Å². The van der Waals surface area contributed by atoms with Gasteiger partial charge in [-0.2, -0.15) is 0 Å². The van der Waals surface area contributed by atoms with Gasteiger partial charge < -0.3 is 39.2 Å². The van der Waals surface area contributed by atoms with E-state index in [9.17, 15) is 15.0 Å². The summed E-state index contributed by atoms with van der Waals surface area (Å²) in [6.07, 6.45) is 6.27.